The smallest absolute Gasteiger partial charge is 0.250 e. The standard InChI is InChI=1S/C24H20Cl2N2O4S/c1-28-22(23(29)18-4-2-3-5-21(18)33(28,31)32)24(30)27-17-11-8-15(9-12-17)6-7-16-10-13-19(25)20(26)14-16/h2-5,8-14,22H,6-7H2,1H3,(H,27,30). The molecule has 0 aromatic heterocycles. The van der Waals surface area contributed by atoms with Crippen molar-refractivity contribution < 1.29 is 18.0 Å². The number of nitrogens with one attached hydrogen (secondary N) is 1. The van der Waals surface area contributed by atoms with Crippen LogP contribution in [0.2, 0.25) is 10.0 Å². The molecule has 1 aliphatic heterocycles. The molecule has 0 bridgehead atoms. The lowest BCUT2D eigenvalue weighted by Gasteiger charge is -2.30. The van der Waals surface area contributed by atoms with Crippen LogP contribution in [0.3, 0.4) is 0 Å². The first-order valence-corrected chi connectivity index (χ1v) is 12.3. The van der Waals surface area contributed by atoms with Crippen LogP contribution < -0.4 is 5.32 Å². The second kappa shape index (κ2) is 9.27. The average Bonchev–Trinajstić information content (AvgIpc) is 2.80. The molecule has 0 saturated carbocycles. The van der Waals surface area contributed by atoms with E-state index in [0.29, 0.717) is 15.7 Å². The van der Waals surface area contributed by atoms with E-state index >= 15 is 0 Å². The van der Waals surface area contributed by atoms with Crippen molar-refractivity contribution in [1.82, 2.24) is 4.31 Å². The van der Waals surface area contributed by atoms with Crippen LogP contribution in [0.5, 0.6) is 0 Å². The zero-order chi connectivity index (χ0) is 23.8. The van der Waals surface area contributed by atoms with E-state index in [9.17, 15) is 18.0 Å². The summed E-state index contributed by atoms with van der Waals surface area (Å²) in [5, 5.41) is 3.68. The largest absolute Gasteiger partial charge is 0.324 e. The summed E-state index contributed by atoms with van der Waals surface area (Å²) in [6, 6.07) is 17.1. The Balaban J connectivity index is 1.45. The van der Waals surface area contributed by atoms with Crippen LogP contribution in [-0.2, 0) is 27.7 Å². The van der Waals surface area contributed by atoms with Gasteiger partial charge in [-0.25, -0.2) is 8.42 Å². The molecule has 1 atom stereocenters. The Bertz CT molecular complexity index is 1340. The van der Waals surface area contributed by atoms with Crippen LogP contribution in [0.15, 0.2) is 71.6 Å². The summed E-state index contributed by atoms with van der Waals surface area (Å²) >= 11 is 12.0. The lowest BCUT2D eigenvalue weighted by molar-refractivity contribution is -0.118. The van der Waals surface area contributed by atoms with Crippen LogP contribution in [0, 0.1) is 0 Å². The van der Waals surface area contributed by atoms with Gasteiger partial charge in [-0.2, -0.15) is 4.31 Å². The van der Waals surface area contributed by atoms with Gasteiger partial charge >= 0.3 is 0 Å². The highest BCUT2D eigenvalue weighted by Gasteiger charge is 2.45. The van der Waals surface area contributed by atoms with Gasteiger partial charge in [-0.05, 0) is 60.4 Å². The number of carbonyl (C=O) groups excluding carboxylic acids is 2. The van der Waals surface area contributed by atoms with Crippen molar-refractivity contribution in [3.63, 3.8) is 0 Å². The first-order chi connectivity index (χ1) is 15.7. The maximum absolute atomic E-state index is 12.9. The van der Waals surface area contributed by atoms with Gasteiger partial charge in [-0.1, -0.05) is 53.5 Å². The maximum Gasteiger partial charge on any atom is 0.250 e. The van der Waals surface area contributed by atoms with Crippen molar-refractivity contribution in [3.8, 4) is 0 Å². The van der Waals surface area contributed by atoms with Crippen molar-refractivity contribution in [1.29, 1.82) is 0 Å². The molecule has 4 rings (SSSR count). The van der Waals surface area contributed by atoms with Gasteiger partial charge in [0.1, 0.15) is 0 Å². The minimum absolute atomic E-state index is 0.0217. The van der Waals surface area contributed by atoms with Gasteiger partial charge in [0.15, 0.2) is 11.8 Å². The number of nitrogens with zero attached hydrogens (tertiary/aromatic N) is 1. The number of hydrogen-bond donors (Lipinski definition) is 1. The molecule has 1 aliphatic rings. The minimum atomic E-state index is -3.95. The number of carbonyl (C=O) groups is 2. The van der Waals surface area contributed by atoms with Crippen LogP contribution in [-0.4, -0.2) is 37.5 Å². The Morgan fingerprint density at radius 3 is 2.27 bits per heavy atom. The molecule has 170 valence electrons. The summed E-state index contributed by atoms with van der Waals surface area (Å²) in [6.07, 6.45) is 1.52. The van der Waals surface area contributed by atoms with E-state index in [4.69, 9.17) is 23.2 Å². The van der Waals surface area contributed by atoms with Crippen LogP contribution in [0.4, 0.5) is 5.69 Å². The lowest BCUT2D eigenvalue weighted by atomic mass is 10.0. The number of fused-ring (bicyclic) bond motifs is 1. The predicted octanol–water partition coefficient (Wildman–Crippen LogP) is 4.60. The van der Waals surface area contributed by atoms with E-state index in [0.717, 1.165) is 28.3 Å². The van der Waals surface area contributed by atoms with E-state index < -0.39 is 27.8 Å². The van der Waals surface area contributed by atoms with Crippen molar-refractivity contribution >= 4 is 50.6 Å². The van der Waals surface area contributed by atoms with E-state index in [-0.39, 0.29) is 10.5 Å². The number of likely N-dealkylation sites (N-methyl/N-ethyl adjacent to an activating group) is 1. The number of aryl methyl sites for hydroxylation is 2. The molecular formula is C24H20Cl2N2O4S. The number of sulfonamides is 1. The van der Waals surface area contributed by atoms with Gasteiger partial charge in [0.05, 0.1) is 14.9 Å². The van der Waals surface area contributed by atoms with Gasteiger partial charge in [-0.15, -0.1) is 0 Å². The summed E-state index contributed by atoms with van der Waals surface area (Å²) in [4.78, 5) is 25.7. The van der Waals surface area contributed by atoms with Crippen LogP contribution >= 0.6 is 23.2 Å². The van der Waals surface area contributed by atoms with Gasteiger partial charge in [0, 0.05) is 18.3 Å². The third kappa shape index (κ3) is 4.68. The summed E-state index contributed by atoms with van der Waals surface area (Å²) in [7, 11) is -2.72. The SMILES string of the molecule is CN1C(C(=O)Nc2ccc(CCc3ccc(Cl)c(Cl)c3)cc2)C(=O)c2ccccc2S1(=O)=O. The third-order valence-electron chi connectivity index (χ3n) is 5.58. The number of Topliss-reactive ketones (excluding diaryl/α,β-unsaturated/α-hetero) is 1. The number of halogens is 2. The molecule has 33 heavy (non-hydrogen) atoms. The number of anilines is 1. The number of amides is 1. The van der Waals surface area contributed by atoms with Crippen LogP contribution in [0.25, 0.3) is 0 Å². The van der Waals surface area contributed by atoms with Crippen LogP contribution in [0.1, 0.15) is 21.5 Å². The molecule has 0 fully saturated rings. The second-order valence-corrected chi connectivity index (χ2v) is 10.5. The van der Waals surface area contributed by atoms with Crippen molar-refractivity contribution in [2.75, 3.05) is 12.4 Å². The fourth-order valence-electron chi connectivity index (χ4n) is 3.73. The van der Waals surface area contributed by atoms with Crippen molar-refractivity contribution in [3.05, 3.63) is 93.5 Å². The van der Waals surface area contributed by atoms with Crippen molar-refractivity contribution in [2.24, 2.45) is 0 Å². The Morgan fingerprint density at radius 1 is 0.939 bits per heavy atom. The zero-order valence-corrected chi connectivity index (χ0v) is 19.9. The first-order valence-electron chi connectivity index (χ1n) is 10.1. The van der Waals surface area contributed by atoms with E-state index in [2.05, 4.69) is 5.32 Å². The lowest BCUT2D eigenvalue weighted by Crippen LogP contribution is -2.53. The highest BCUT2D eigenvalue weighted by atomic mass is 35.5. The minimum Gasteiger partial charge on any atom is -0.324 e. The second-order valence-electron chi connectivity index (χ2n) is 7.72. The van der Waals surface area contributed by atoms with E-state index in [1.807, 2.05) is 24.3 Å². The summed E-state index contributed by atoms with van der Waals surface area (Å²) in [5.74, 6) is -1.26. The van der Waals surface area contributed by atoms with Crippen molar-refractivity contribution in [2.45, 2.75) is 23.8 Å². The Labute approximate surface area is 202 Å². The van der Waals surface area contributed by atoms with E-state index in [1.165, 1.54) is 19.2 Å². The third-order valence-corrected chi connectivity index (χ3v) is 8.20. The quantitative estimate of drug-likeness (QED) is 0.516. The molecule has 1 N–H and O–H groups in total. The number of hydrogen-bond acceptors (Lipinski definition) is 4. The van der Waals surface area contributed by atoms with Gasteiger partial charge in [-0.3, -0.25) is 9.59 Å². The highest BCUT2D eigenvalue weighted by Crippen LogP contribution is 2.29. The number of benzene rings is 3. The average molecular weight is 503 g/mol. The molecule has 0 radical (unpaired) electrons. The molecule has 1 heterocycles. The molecular weight excluding hydrogens is 483 g/mol. The molecule has 1 unspecified atom stereocenters. The predicted molar refractivity (Wildman–Crippen MR) is 128 cm³/mol. The van der Waals surface area contributed by atoms with E-state index in [1.54, 1.807) is 30.3 Å². The Kier molecular flexibility index (Phi) is 6.59. The maximum atomic E-state index is 12.9. The fourth-order valence-corrected chi connectivity index (χ4v) is 5.53. The fraction of sp³-hybridized carbons (Fsp3) is 0.167. The summed E-state index contributed by atoms with van der Waals surface area (Å²) in [6.45, 7) is 0. The molecule has 1 amide bonds. The Hall–Kier alpha value is -2.71. The molecule has 0 spiro atoms. The Morgan fingerprint density at radius 2 is 1.58 bits per heavy atom. The number of ketones is 1. The molecule has 9 heteroatoms. The topological polar surface area (TPSA) is 83.6 Å². The van der Waals surface area contributed by atoms with Gasteiger partial charge < -0.3 is 5.32 Å². The molecule has 6 nitrogen and oxygen atoms in total. The molecule has 0 saturated heterocycles. The van der Waals surface area contributed by atoms with Gasteiger partial charge in [0.2, 0.25) is 10.0 Å². The monoisotopic (exact) mass is 502 g/mol. The zero-order valence-electron chi connectivity index (χ0n) is 17.6. The summed E-state index contributed by atoms with van der Waals surface area (Å²) in [5.41, 5.74) is 2.59. The molecule has 3 aromatic carbocycles. The number of rotatable bonds is 5. The molecule has 3 aromatic rings. The highest BCUT2D eigenvalue weighted by molar-refractivity contribution is 7.89. The van der Waals surface area contributed by atoms with Gasteiger partial charge in [0.25, 0.3) is 5.91 Å². The summed E-state index contributed by atoms with van der Waals surface area (Å²) < 4.78 is 26.4. The normalized spacial score (nSPS) is 17.4. The molecule has 0 aliphatic carbocycles. The first kappa shape index (κ1) is 23.4.